The molecule has 0 aromatic rings. The lowest BCUT2D eigenvalue weighted by atomic mass is 9.78. The molecular weight excluding hydrogens is 264 g/mol. The van der Waals surface area contributed by atoms with Gasteiger partial charge in [0.05, 0.1) is 12.6 Å². The van der Waals surface area contributed by atoms with Gasteiger partial charge in [-0.05, 0) is 50.4 Å². The van der Waals surface area contributed by atoms with Crippen LogP contribution >= 0.6 is 0 Å². The molecule has 0 radical (unpaired) electrons. The van der Waals surface area contributed by atoms with Crippen LogP contribution in [0.25, 0.3) is 0 Å². The van der Waals surface area contributed by atoms with Gasteiger partial charge in [0.25, 0.3) is 0 Å². The van der Waals surface area contributed by atoms with Gasteiger partial charge in [0.1, 0.15) is 5.54 Å². The third kappa shape index (κ3) is 3.07. The lowest BCUT2D eigenvalue weighted by Crippen LogP contribution is -2.50. The summed E-state index contributed by atoms with van der Waals surface area (Å²) in [6.45, 7) is 4.18. The van der Waals surface area contributed by atoms with E-state index in [1.807, 2.05) is 6.92 Å². The third-order valence-corrected chi connectivity index (χ3v) is 5.62. The minimum Gasteiger partial charge on any atom is -0.337 e. The summed E-state index contributed by atoms with van der Waals surface area (Å²) >= 11 is 0. The van der Waals surface area contributed by atoms with Gasteiger partial charge in [0.15, 0.2) is 0 Å². The average molecular weight is 290 g/mol. The molecule has 116 valence electrons. The number of carbonyl (C=O) groups excluding carboxylic acids is 1. The van der Waals surface area contributed by atoms with Gasteiger partial charge in [-0.2, -0.15) is 5.26 Å². The van der Waals surface area contributed by atoms with Crippen molar-refractivity contribution < 1.29 is 4.79 Å². The Hall–Kier alpha value is -1.12. The molecule has 3 aliphatic rings. The first-order chi connectivity index (χ1) is 10.0. The van der Waals surface area contributed by atoms with Crippen LogP contribution in [0.2, 0.25) is 0 Å². The standard InChI is InChI=1S/C16H26N4O/c1-16(10-17,12-5-6-12)19-15(21)9-20-7-11-3-2-4-14(18)13(11)8-20/h11-14H,2-9,18H2,1H3,(H,19,21). The second kappa shape index (κ2) is 5.58. The van der Waals surface area contributed by atoms with E-state index < -0.39 is 5.54 Å². The number of fused-ring (bicyclic) bond motifs is 1. The number of likely N-dealkylation sites (tertiary alicyclic amines) is 1. The van der Waals surface area contributed by atoms with E-state index in [9.17, 15) is 10.1 Å². The van der Waals surface area contributed by atoms with Crippen LogP contribution in [0.15, 0.2) is 0 Å². The van der Waals surface area contributed by atoms with Crippen LogP contribution in [0.4, 0.5) is 0 Å². The molecule has 0 aromatic heterocycles. The van der Waals surface area contributed by atoms with Crippen molar-refractivity contribution in [3.05, 3.63) is 0 Å². The van der Waals surface area contributed by atoms with Gasteiger partial charge < -0.3 is 11.1 Å². The minimum absolute atomic E-state index is 0.0156. The molecule has 2 aliphatic carbocycles. The Bertz CT molecular complexity index is 456. The lowest BCUT2D eigenvalue weighted by Gasteiger charge is -2.29. The smallest absolute Gasteiger partial charge is 0.235 e. The Morgan fingerprint density at radius 3 is 2.76 bits per heavy atom. The molecule has 1 amide bonds. The molecule has 1 saturated heterocycles. The number of hydrogen-bond donors (Lipinski definition) is 2. The molecule has 3 rings (SSSR count). The van der Waals surface area contributed by atoms with Crippen molar-refractivity contribution in [3.8, 4) is 6.07 Å². The molecule has 4 unspecified atom stereocenters. The van der Waals surface area contributed by atoms with E-state index in [4.69, 9.17) is 5.73 Å². The fourth-order valence-corrected chi connectivity index (χ4v) is 4.15. The maximum absolute atomic E-state index is 12.3. The monoisotopic (exact) mass is 290 g/mol. The molecule has 4 atom stereocenters. The van der Waals surface area contributed by atoms with E-state index in [2.05, 4.69) is 16.3 Å². The van der Waals surface area contributed by atoms with Crippen molar-refractivity contribution in [2.24, 2.45) is 23.5 Å². The summed E-state index contributed by atoms with van der Waals surface area (Å²) in [6.07, 6.45) is 5.68. The van der Waals surface area contributed by atoms with Crippen LogP contribution < -0.4 is 11.1 Å². The maximum atomic E-state index is 12.3. The van der Waals surface area contributed by atoms with E-state index in [1.54, 1.807) is 0 Å². The first kappa shape index (κ1) is 14.8. The Labute approximate surface area is 126 Å². The van der Waals surface area contributed by atoms with Gasteiger partial charge in [-0.1, -0.05) is 6.42 Å². The van der Waals surface area contributed by atoms with Crippen LogP contribution in [-0.2, 0) is 4.79 Å². The Morgan fingerprint density at radius 2 is 2.14 bits per heavy atom. The molecular formula is C16H26N4O. The van der Waals surface area contributed by atoms with Crippen molar-refractivity contribution in [2.75, 3.05) is 19.6 Å². The first-order valence-corrected chi connectivity index (χ1v) is 8.22. The molecule has 1 heterocycles. The molecule has 5 nitrogen and oxygen atoms in total. The summed E-state index contributed by atoms with van der Waals surface area (Å²) < 4.78 is 0. The van der Waals surface area contributed by atoms with Gasteiger partial charge >= 0.3 is 0 Å². The Morgan fingerprint density at radius 1 is 1.38 bits per heavy atom. The first-order valence-electron chi connectivity index (χ1n) is 8.22. The van der Waals surface area contributed by atoms with Gasteiger partial charge in [0, 0.05) is 19.1 Å². The molecule has 0 spiro atoms. The number of hydrogen-bond acceptors (Lipinski definition) is 4. The van der Waals surface area contributed by atoms with E-state index in [0.717, 1.165) is 32.4 Å². The highest BCUT2D eigenvalue weighted by atomic mass is 16.2. The Balaban J connectivity index is 1.53. The fourth-order valence-electron chi connectivity index (χ4n) is 4.15. The van der Waals surface area contributed by atoms with Crippen LogP contribution in [0.5, 0.6) is 0 Å². The number of nitrogens with one attached hydrogen (secondary N) is 1. The van der Waals surface area contributed by atoms with Crippen LogP contribution in [0.3, 0.4) is 0 Å². The summed E-state index contributed by atoms with van der Waals surface area (Å²) in [4.78, 5) is 14.5. The van der Waals surface area contributed by atoms with Gasteiger partial charge in [0.2, 0.25) is 5.91 Å². The van der Waals surface area contributed by atoms with Gasteiger partial charge in [-0.3, -0.25) is 9.69 Å². The molecule has 2 saturated carbocycles. The summed E-state index contributed by atoms with van der Waals surface area (Å²) in [7, 11) is 0. The zero-order chi connectivity index (χ0) is 15.0. The quantitative estimate of drug-likeness (QED) is 0.804. The summed E-state index contributed by atoms with van der Waals surface area (Å²) in [5.41, 5.74) is 5.53. The summed E-state index contributed by atoms with van der Waals surface area (Å²) in [5.74, 6) is 1.53. The lowest BCUT2D eigenvalue weighted by molar-refractivity contribution is -0.123. The van der Waals surface area contributed by atoms with Crippen LogP contribution in [0.1, 0.15) is 39.0 Å². The molecule has 0 bridgehead atoms. The van der Waals surface area contributed by atoms with Crippen LogP contribution in [-0.4, -0.2) is 42.0 Å². The normalized spacial score (nSPS) is 35.6. The number of nitrogens with zero attached hydrogens (tertiary/aromatic N) is 2. The highest BCUT2D eigenvalue weighted by Crippen LogP contribution is 2.39. The second-order valence-corrected chi connectivity index (χ2v) is 7.35. The fraction of sp³-hybridized carbons (Fsp3) is 0.875. The summed E-state index contributed by atoms with van der Waals surface area (Å²) in [5, 5.41) is 12.3. The number of rotatable bonds is 4. The number of carbonyl (C=O) groups is 1. The van der Waals surface area contributed by atoms with E-state index in [0.29, 0.717) is 30.3 Å². The van der Waals surface area contributed by atoms with E-state index in [1.165, 1.54) is 12.8 Å². The number of nitriles is 1. The highest BCUT2D eigenvalue weighted by molar-refractivity contribution is 5.79. The summed E-state index contributed by atoms with van der Waals surface area (Å²) in [6, 6.07) is 2.58. The molecule has 3 N–H and O–H groups in total. The van der Waals surface area contributed by atoms with E-state index in [-0.39, 0.29) is 5.91 Å². The molecule has 5 heteroatoms. The predicted molar refractivity (Wildman–Crippen MR) is 80.1 cm³/mol. The zero-order valence-electron chi connectivity index (χ0n) is 12.8. The van der Waals surface area contributed by atoms with Crippen molar-refractivity contribution >= 4 is 5.91 Å². The number of nitrogens with two attached hydrogens (primary N) is 1. The molecule has 1 aliphatic heterocycles. The minimum atomic E-state index is -0.681. The average Bonchev–Trinajstić information content (AvgIpc) is 3.21. The SMILES string of the molecule is CC(C#N)(NC(=O)CN1CC2CCCC(N)C2C1)C1CC1. The van der Waals surface area contributed by atoms with Crippen molar-refractivity contribution in [1.82, 2.24) is 10.2 Å². The number of amides is 1. The highest BCUT2D eigenvalue weighted by Gasteiger charge is 2.44. The zero-order valence-corrected chi connectivity index (χ0v) is 12.8. The topological polar surface area (TPSA) is 82.2 Å². The van der Waals surface area contributed by atoms with Gasteiger partial charge in [-0.15, -0.1) is 0 Å². The van der Waals surface area contributed by atoms with Crippen molar-refractivity contribution in [2.45, 2.75) is 50.6 Å². The molecule has 21 heavy (non-hydrogen) atoms. The maximum Gasteiger partial charge on any atom is 0.235 e. The van der Waals surface area contributed by atoms with E-state index >= 15 is 0 Å². The van der Waals surface area contributed by atoms with Crippen LogP contribution in [0, 0.1) is 29.1 Å². The Kier molecular flexibility index (Phi) is 3.94. The van der Waals surface area contributed by atoms with Gasteiger partial charge in [-0.25, -0.2) is 0 Å². The molecule has 0 aromatic carbocycles. The largest absolute Gasteiger partial charge is 0.337 e. The van der Waals surface area contributed by atoms with Crippen molar-refractivity contribution in [1.29, 1.82) is 5.26 Å². The van der Waals surface area contributed by atoms with Crippen molar-refractivity contribution in [3.63, 3.8) is 0 Å². The third-order valence-electron chi connectivity index (χ3n) is 5.62. The second-order valence-electron chi connectivity index (χ2n) is 7.35. The predicted octanol–water partition coefficient (Wildman–Crippen LogP) is 0.854. The molecule has 3 fully saturated rings.